The third-order valence-corrected chi connectivity index (χ3v) is 6.53. The number of carbonyl (C=O) groups is 2. The number of amides is 2. The van der Waals surface area contributed by atoms with E-state index in [4.69, 9.17) is 11.6 Å². The first-order valence-electron chi connectivity index (χ1n) is 10.8. The third kappa shape index (κ3) is 3.70. The number of nitrogens with zero attached hydrogens (tertiary/aromatic N) is 6. The minimum Gasteiger partial charge on any atom is -0.367 e. The monoisotopic (exact) mass is 462 g/mol. The Morgan fingerprint density at radius 3 is 2.42 bits per heavy atom. The van der Waals surface area contributed by atoms with Crippen LogP contribution in [0.25, 0.3) is 0 Å². The molecule has 0 saturated carbocycles. The van der Waals surface area contributed by atoms with Crippen LogP contribution in [0.4, 0.5) is 11.4 Å². The molecular formula is C24H23ClN6O2. The molecule has 0 unspecified atom stereocenters. The minimum atomic E-state index is -0.557. The maximum absolute atomic E-state index is 13.2. The van der Waals surface area contributed by atoms with E-state index in [1.807, 2.05) is 26.0 Å². The summed E-state index contributed by atoms with van der Waals surface area (Å²) in [6.07, 6.45) is 6.64. The van der Waals surface area contributed by atoms with Crippen LogP contribution in [-0.4, -0.2) is 57.8 Å². The molecule has 2 amide bonds. The van der Waals surface area contributed by atoms with Gasteiger partial charge in [0.1, 0.15) is 0 Å². The Morgan fingerprint density at radius 1 is 1.00 bits per heavy atom. The quantitative estimate of drug-likeness (QED) is 0.593. The van der Waals surface area contributed by atoms with Crippen molar-refractivity contribution in [2.24, 2.45) is 0 Å². The Morgan fingerprint density at radius 2 is 1.70 bits per heavy atom. The second-order valence-electron chi connectivity index (χ2n) is 8.64. The van der Waals surface area contributed by atoms with Crippen LogP contribution in [0.2, 0.25) is 5.02 Å². The summed E-state index contributed by atoms with van der Waals surface area (Å²) in [5, 5.41) is 0.608. The van der Waals surface area contributed by atoms with Crippen molar-refractivity contribution in [1.29, 1.82) is 0 Å². The van der Waals surface area contributed by atoms with Gasteiger partial charge in [0.15, 0.2) is 0 Å². The van der Waals surface area contributed by atoms with Crippen molar-refractivity contribution in [2.75, 3.05) is 36.0 Å². The molecule has 0 radical (unpaired) electrons. The van der Waals surface area contributed by atoms with Crippen LogP contribution < -0.4 is 9.80 Å². The molecule has 0 N–H and O–H groups in total. The van der Waals surface area contributed by atoms with E-state index in [-0.39, 0.29) is 17.6 Å². The molecule has 1 saturated heterocycles. The van der Waals surface area contributed by atoms with E-state index in [1.54, 1.807) is 52.8 Å². The topological polar surface area (TPSA) is 82.5 Å². The lowest BCUT2D eigenvalue weighted by molar-refractivity contribution is 0.0734. The molecule has 0 aliphatic carbocycles. The smallest absolute Gasteiger partial charge is 0.291 e. The van der Waals surface area contributed by atoms with E-state index in [0.717, 1.165) is 16.9 Å². The van der Waals surface area contributed by atoms with Crippen molar-refractivity contribution < 1.29 is 9.59 Å². The SMILES string of the molecule is CC1(C)c2cc(Cl)ccc2C(=O)N1c1cncc(N2CCN(C(=O)c3ncccn3)CC2)c1. The predicted octanol–water partition coefficient (Wildman–Crippen LogP) is 3.38. The lowest BCUT2D eigenvalue weighted by Crippen LogP contribution is -2.49. The number of hydrogen-bond acceptors (Lipinski definition) is 6. The zero-order valence-electron chi connectivity index (χ0n) is 18.4. The van der Waals surface area contributed by atoms with Gasteiger partial charge in [0, 0.05) is 49.2 Å². The first-order chi connectivity index (χ1) is 15.9. The van der Waals surface area contributed by atoms with Gasteiger partial charge < -0.3 is 9.80 Å². The zero-order valence-corrected chi connectivity index (χ0v) is 19.2. The number of anilines is 2. The standard InChI is InChI=1S/C24H23ClN6O2/c1-24(2)20-12-16(25)4-5-19(20)22(32)31(24)18-13-17(14-26-15-18)29-8-10-30(11-9-29)23(33)21-27-6-3-7-28-21/h3-7,12-15H,8-11H2,1-2H3. The van der Waals surface area contributed by atoms with Crippen LogP contribution in [0.15, 0.2) is 55.1 Å². The number of fused-ring (bicyclic) bond motifs is 1. The van der Waals surface area contributed by atoms with Gasteiger partial charge in [0.25, 0.3) is 11.8 Å². The van der Waals surface area contributed by atoms with Crippen molar-refractivity contribution in [2.45, 2.75) is 19.4 Å². The fraction of sp³-hybridized carbons (Fsp3) is 0.292. The summed E-state index contributed by atoms with van der Waals surface area (Å²) in [6, 6.07) is 9.06. The van der Waals surface area contributed by atoms with E-state index >= 15 is 0 Å². The highest BCUT2D eigenvalue weighted by Crippen LogP contribution is 2.43. The van der Waals surface area contributed by atoms with E-state index in [0.29, 0.717) is 36.8 Å². The maximum Gasteiger partial charge on any atom is 0.291 e. The highest BCUT2D eigenvalue weighted by Gasteiger charge is 2.44. The Hall–Kier alpha value is -3.52. The van der Waals surface area contributed by atoms with Crippen LogP contribution in [0.1, 0.15) is 40.4 Å². The largest absolute Gasteiger partial charge is 0.367 e. The molecule has 8 nitrogen and oxygen atoms in total. The van der Waals surface area contributed by atoms with Crippen LogP contribution in [0.5, 0.6) is 0 Å². The zero-order chi connectivity index (χ0) is 23.2. The Kier molecular flexibility index (Phi) is 5.25. The molecule has 2 aromatic heterocycles. The normalized spacial score (nSPS) is 17.3. The number of benzene rings is 1. The van der Waals surface area contributed by atoms with Gasteiger partial charge >= 0.3 is 0 Å². The average molecular weight is 463 g/mol. The molecule has 1 fully saturated rings. The Labute approximate surface area is 196 Å². The number of rotatable bonds is 3. The number of pyridine rings is 1. The summed E-state index contributed by atoms with van der Waals surface area (Å²) >= 11 is 6.21. The van der Waals surface area contributed by atoms with E-state index in [1.165, 1.54) is 0 Å². The summed E-state index contributed by atoms with van der Waals surface area (Å²) < 4.78 is 0. The van der Waals surface area contributed by atoms with Crippen molar-refractivity contribution in [3.63, 3.8) is 0 Å². The fourth-order valence-corrected chi connectivity index (χ4v) is 4.75. The second kappa shape index (κ2) is 8.12. The van der Waals surface area contributed by atoms with Gasteiger partial charge in [0.2, 0.25) is 5.82 Å². The lowest BCUT2D eigenvalue weighted by atomic mass is 9.93. The Balaban J connectivity index is 1.35. The van der Waals surface area contributed by atoms with Gasteiger partial charge in [-0.3, -0.25) is 19.5 Å². The van der Waals surface area contributed by atoms with Crippen molar-refractivity contribution >= 4 is 34.8 Å². The number of halogens is 1. The van der Waals surface area contributed by atoms with Crippen molar-refractivity contribution in [3.8, 4) is 0 Å². The number of hydrogen-bond donors (Lipinski definition) is 0. The molecule has 2 aliphatic rings. The highest BCUT2D eigenvalue weighted by atomic mass is 35.5. The van der Waals surface area contributed by atoms with Crippen molar-refractivity contribution in [1.82, 2.24) is 19.9 Å². The molecule has 0 spiro atoms. The fourth-order valence-electron chi connectivity index (χ4n) is 4.57. The summed E-state index contributed by atoms with van der Waals surface area (Å²) in [7, 11) is 0. The number of carbonyl (C=O) groups excluding carboxylic acids is 2. The predicted molar refractivity (Wildman–Crippen MR) is 126 cm³/mol. The molecule has 0 atom stereocenters. The van der Waals surface area contributed by atoms with E-state index in [9.17, 15) is 9.59 Å². The maximum atomic E-state index is 13.2. The number of piperazine rings is 1. The number of aromatic nitrogens is 3. The molecule has 168 valence electrons. The van der Waals surface area contributed by atoms with Crippen LogP contribution in [0, 0.1) is 0 Å². The van der Waals surface area contributed by atoms with Gasteiger partial charge in [-0.2, -0.15) is 0 Å². The average Bonchev–Trinajstić information content (AvgIpc) is 3.03. The lowest BCUT2D eigenvalue weighted by Gasteiger charge is -2.37. The molecule has 9 heteroatoms. The molecule has 5 rings (SSSR count). The molecule has 1 aromatic carbocycles. The van der Waals surface area contributed by atoms with Crippen LogP contribution >= 0.6 is 11.6 Å². The van der Waals surface area contributed by atoms with Crippen LogP contribution in [-0.2, 0) is 5.54 Å². The first kappa shape index (κ1) is 21.3. The van der Waals surface area contributed by atoms with E-state index in [2.05, 4.69) is 19.9 Å². The molecular weight excluding hydrogens is 440 g/mol. The molecule has 3 aromatic rings. The minimum absolute atomic E-state index is 0.0658. The van der Waals surface area contributed by atoms with Gasteiger partial charge in [0.05, 0.1) is 29.3 Å². The van der Waals surface area contributed by atoms with Gasteiger partial charge in [-0.1, -0.05) is 11.6 Å². The van der Waals surface area contributed by atoms with Gasteiger partial charge in [-0.25, -0.2) is 9.97 Å². The first-order valence-corrected chi connectivity index (χ1v) is 11.1. The Bertz CT molecular complexity index is 1220. The summed E-state index contributed by atoms with van der Waals surface area (Å²) in [5.74, 6) is -0.0177. The van der Waals surface area contributed by atoms with Crippen molar-refractivity contribution in [3.05, 3.63) is 77.1 Å². The van der Waals surface area contributed by atoms with E-state index < -0.39 is 5.54 Å². The molecule has 4 heterocycles. The molecule has 33 heavy (non-hydrogen) atoms. The van der Waals surface area contributed by atoms with Gasteiger partial charge in [-0.05, 0) is 49.7 Å². The van der Waals surface area contributed by atoms with Crippen LogP contribution in [0.3, 0.4) is 0 Å². The van der Waals surface area contributed by atoms with Gasteiger partial charge in [-0.15, -0.1) is 0 Å². The second-order valence-corrected chi connectivity index (χ2v) is 9.08. The molecule has 0 bridgehead atoms. The summed E-state index contributed by atoms with van der Waals surface area (Å²) in [5.41, 5.74) is 2.64. The summed E-state index contributed by atoms with van der Waals surface area (Å²) in [6.45, 7) is 6.43. The third-order valence-electron chi connectivity index (χ3n) is 6.29. The highest BCUT2D eigenvalue weighted by molar-refractivity contribution is 6.31. The molecule has 2 aliphatic heterocycles. The summed E-state index contributed by atoms with van der Waals surface area (Å²) in [4.78, 5) is 44.1.